The first-order chi connectivity index (χ1) is 11.4. The SMILES string of the molecule is CCNC(=NCC(C)SC)NC(C)c1nc(C)c(C(=O)OCC)s1. The Morgan fingerprint density at radius 2 is 2.12 bits per heavy atom. The van der Waals surface area contributed by atoms with Crippen LogP contribution >= 0.6 is 23.1 Å². The van der Waals surface area contributed by atoms with Gasteiger partial charge in [-0.2, -0.15) is 11.8 Å². The van der Waals surface area contributed by atoms with Gasteiger partial charge in [-0.25, -0.2) is 9.78 Å². The number of thioether (sulfide) groups is 1. The highest BCUT2D eigenvalue weighted by Gasteiger charge is 2.20. The highest BCUT2D eigenvalue weighted by molar-refractivity contribution is 7.99. The molecule has 0 radical (unpaired) electrons. The number of nitrogens with zero attached hydrogens (tertiary/aromatic N) is 2. The standard InChI is InChI=1S/C16H28N4O2S2/c1-7-17-16(18-9-10(3)23-6)20-12(5)14-19-11(4)13(24-14)15(21)22-8-2/h10,12H,7-9H2,1-6H3,(H2,17,18,20). The molecule has 0 fully saturated rings. The Morgan fingerprint density at radius 3 is 2.71 bits per heavy atom. The second-order valence-electron chi connectivity index (χ2n) is 5.32. The van der Waals surface area contributed by atoms with Crippen LogP contribution in [0.4, 0.5) is 0 Å². The number of esters is 1. The van der Waals surface area contributed by atoms with Crippen LogP contribution in [0.15, 0.2) is 4.99 Å². The van der Waals surface area contributed by atoms with E-state index in [2.05, 4.69) is 33.8 Å². The monoisotopic (exact) mass is 372 g/mol. The topological polar surface area (TPSA) is 75.6 Å². The molecule has 1 rings (SSSR count). The van der Waals surface area contributed by atoms with E-state index in [0.717, 1.165) is 24.1 Å². The van der Waals surface area contributed by atoms with E-state index in [1.165, 1.54) is 11.3 Å². The van der Waals surface area contributed by atoms with E-state index in [-0.39, 0.29) is 12.0 Å². The van der Waals surface area contributed by atoms with Crippen molar-refractivity contribution in [1.29, 1.82) is 0 Å². The van der Waals surface area contributed by atoms with Crippen molar-refractivity contribution >= 4 is 35.0 Å². The normalized spacial score (nSPS) is 14.2. The molecule has 24 heavy (non-hydrogen) atoms. The first-order valence-electron chi connectivity index (χ1n) is 8.14. The van der Waals surface area contributed by atoms with Gasteiger partial charge in [0.1, 0.15) is 9.88 Å². The van der Waals surface area contributed by atoms with Crippen molar-refractivity contribution in [3.8, 4) is 0 Å². The first-order valence-corrected chi connectivity index (χ1v) is 10.2. The zero-order valence-electron chi connectivity index (χ0n) is 15.3. The number of carbonyl (C=O) groups is 1. The summed E-state index contributed by atoms with van der Waals surface area (Å²) in [4.78, 5) is 21.6. The Morgan fingerprint density at radius 1 is 1.42 bits per heavy atom. The molecular weight excluding hydrogens is 344 g/mol. The lowest BCUT2D eigenvalue weighted by atomic mass is 10.3. The molecule has 0 aliphatic rings. The number of hydrogen-bond donors (Lipinski definition) is 2. The van der Waals surface area contributed by atoms with Crippen molar-refractivity contribution < 1.29 is 9.53 Å². The van der Waals surface area contributed by atoms with Gasteiger partial charge in [0.05, 0.1) is 24.9 Å². The van der Waals surface area contributed by atoms with Gasteiger partial charge >= 0.3 is 5.97 Å². The number of guanidine groups is 1. The molecule has 0 aromatic carbocycles. The molecule has 1 aromatic rings. The predicted octanol–water partition coefficient (Wildman–Crippen LogP) is 3.00. The van der Waals surface area contributed by atoms with Crippen molar-refractivity contribution in [2.24, 2.45) is 4.99 Å². The maximum atomic E-state index is 11.9. The minimum Gasteiger partial charge on any atom is -0.462 e. The molecule has 2 atom stereocenters. The van der Waals surface area contributed by atoms with Gasteiger partial charge in [0.25, 0.3) is 0 Å². The molecule has 0 saturated heterocycles. The average Bonchev–Trinajstić information content (AvgIpc) is 2.94. The second kappa shape index (κ2) is 10.6. The average molecular weight is 373 g/mol. The van der Waals surface area contributed by atoms with Crippen LogP contribution in [0.2, 0.25) is 0 Å². The Labute approximate surface area is 152 Å². The minimum atomic E-state index is -0.305. The van der Waals surface area contributed by atoms with Gasteiger partial charge < -0.3 is 15.4 Å². The van der Waals surface area contributed by atoms with Crippen LogP contribution in [0.25, 0.3) is 0 Å². The lowest BCUT2D eigenvalue weighted by Gasteiger charge is -2.16. The lowest BCUT2D eigenvalue weighted by molar-refractivity contribution is 0.0531. The zero-order chi connectivity index (χ0) is 18.1. The molecule has 1 aromatic heterocycles. The van der Waals surface area contributed by atoms with Gasteiger partial charge in [-0.3, -0.25) is 4.99 Å². The number of thiazole rings is 1. The molecule has 0 bridgehead atoms. The third-order valence-electron chi connectivity index (χ3n) is 3.25. The lowest BCUT2D eigenvalue weighted by Crippen LogP contribution is -2.39. The molecule has 0 aliphatic carbocycles. The Hall–Kier alpha value is -1.28. The third kappa shape index (κ3) is 6.32. The third-order valence-corrected chi connectivity index (χ3v) is 5.52. The van der Waals surface area contributed by atoms with Gasteiger partial charge in [0.2, 0.25) is 0 Å². The number of hydrogen-bond acceptors (Lipinski definition) is 6. The number of ether oxygens (including phenoxy) is 1. The van der Waals surface area contributed by atoms with Crippen LogP contribution in [0.5, 0.6) is 0 Å². The summed E-state index contributed by atoms with van der Waals surface area (Å²) in [5.74, 6) is 0.455. The van der Waals surface area contributed by atoms with Crippen molar-refractivity contribution in [3.63, 3.8) is 0 Å². The summed E-state index contributed by atoms with van der Waals surface area (Å²) in [5, 5.41) is 7.90. The van der Waals surface area contributed by atoms with E-state index in [4.69, 9.17) is 4.74 Å². The molecule has 136 valence electrons. The number of nitrogens with one attached hydrogen (secondary N) is 2. The summed E-state index contributed by atoms with van der Waals surface area (Å²) in [7, 11) is 0. The summed E-state index contributed by atoms with van der Waals surface area (Å²) in [6.45, 7) is 11.7. The molecule has 0 saturated carbocycles. The van der Waals surface area contributed by atoms with Crippen LogP contribution in [-0.4, -0.2) is 48.1 Å². The maximum absolute atomic E-state index is 11.9. The summed E-state index contributed by atoms with van der Waals surface area (Å²) in [6.07, 6.45) is 2.08. The molecule has 1 heterocycles. The number of aryl methyl sites for hydroxylation is 1. The molecular formula is C16H28N4O2S2. The van der Waals surface area contributed by atoms with Gasteiger partial charge in [0.15, 0.2) is 5.96 Å². The fourth-order valence-corrected chi connectivity index (χ4v) is 3.06. The first kappa shape index (κ1) is 20.8. The fraction of sp³-hybridized carbons (Fsp3) is 0.688. The van der Waals surface area contributed by atoms with Crippen LogP contribution in [0.1, 0.15) is 54.1 Å². The minimum absolute atomic E-state index is 0.0423. The predicted molar refractivity (Wildman–Crippen MR) is 103 cm³/mol. The van der Waals surface area contributed by atoms with E-state index >= 15 is 0 Å². The van der Waals surface area contributed by atoms with Crippen LogP contribution in [0, 0.1) is 6.92 Å². The van der Waals surface area contributed by atoms with Crippen LogP contribution in [0.3, 0.4) is 0 Å². The maximum Gasteiger partial charge on any atom is 0.350 e. The molecule has 0 spiro atoms. The molecule has 6 nitrogen and oxygen atoms in total. The number of aromatic nitrogens is 1. The van der Waals surface area contributed by atoms with E-state index in [9.17, 15) is 4.79 Å². The van der Waals surface area contributed by atoms with E-state index < -0.39 is 0 Å². The van der Waals surface area contributed by atoms with Crippen LogP contribution < -0.4 is 10.6 Å². The van der Waals surface area contributed by atoms with Gasteiger partial charge in [-0.1, -0.05) is 6.92 Å². The van der Waals surface area contributed by atoms with Gasteiger partial charge in [-0.05, 0) is 34.0 Å². The van der Waals surface area contributed by atoms with E-state index in [1.807, 2.05) is 20.8 Å². The van der Waals surface area contributed by atoms with Crippen molar-refractivity contribution in [2.45, 2.75) is 45.9 Å². The van der Waals surface area contributed by atoms with Crippen LogP contribution in [-0.2, 0) is 4.74 Å². The molecule has 0 amide bonds. The van der Waals surface area contributed by atoms with Gasteiger partial charge in [0, 0.05) is 11.8 Å². The summed E-state index contributed by atoms with van der Waals surface area (Å²) >= 11 is 3.16. The highest BCUT2D eigenvalue weighted by Crippen LogP contribution is 2.24. The smallest absolute Gasteiger partial charge is 0.350 e. The van der Waals surface area contributed by atoms with E-state index in [0.29, 0.717) is 22.4 Å². The van der Waals surface area contributed by atoms with Crippen molar-refractivity contribution in [1.82, 2.24) is 15.6 Å². The van der Waals surface area contributed by atoms with E-state index in [1.54, 1.807) is 18.7 Å². The largest absolute Gasteiger partial charge is 0.462 e. The fourth-order valence-electron chi connectivity index (χ4n) is 1.87. The number of carbonyl (C=O) groups excluding carboxylic acids is 1. The Balaban J connectivity index is 2.82. The summed E-state index contributed by atoms with van der Waals surface area (Å²) in [5.41, 5.74) is 0.708. The molecule has 2 N–H and O–H groups in total. The summed E-state index contributed by atoms with van der Waals surface area (Å²) < 4.78 is 5.07. The van der Waals surface area contributed by atoms with Crippen molar-refractivity contribution in [2.75, 3.05) is 26.0 Å². The molecule has 0 aliphatic heterocycles. The Kier molecular flexibility index (Phi) is 9.13. The number of aliphatic imine (C=N–C) groups is 1. The zero-order valence-corrected chi connectivity index (χ0v) is 16.9. The highest BCUT2D eigenvalue weighted by atomic mass is 32.2. The molecule has 8 heteroatoms. The van der Waals surface area contributed by atoms with Gasteiger partial charge in [-0.15, -0.1) is 11.3 Å². The quantitative estimate of drug-likeness (QED) is 0.415. The summed E-state index contributed by atoms with van der Waals surface area (Å²) in [6, 6.07) is -0.0423. The number of rotatable bonds is 8. The van der Waals surface area contributed by atoms with Crippen molar-refractivity contribution in [3.05, 3.63) is 15.6 Å². The molecule has 2 unspecified atom stereocenters. The Bertz CT molecular complexity index is 560. The second-order valence-corrected chi connectivity index (χ2v) is 7.63.